The van der Waals surface area contributed by atoms with Gasteiger partial charge in [0.25, 0.3) is 0 Å². The number of carbonyl (C=O) groups excluding carboxylic acids is 1. The van der Waals surface area contributed by atoms with E-state index in [2.05, 4.69) is 4.90 Å². The Kier molecular flexibility index (Phi) is 4.24. The van der Waals surface area contributed by atoms with E-state index in [1.54, 1.807) is 0 Å². The van der Waals surface area contributed by atoms with Gasteiger partial charge in [0, 0.05) is 13.1 Å². The van der Waals surface area contributed by atoms with E-state index in [0.29, 0.717) is 13.0 Å². The van der Waals surface area contributed by atoms with E-state index in [-0.39, 0.29) is 5.91 Å². The zero-order valence-electron chi connectivity index (χ0n) is 12.0. The number of hydrogen-bond acceptors (Lipinski definition) is 2. The number of fused-ring (bicyclic) bond motifs is 1. The molecule has 108 valence electrons. The van der Waals surface area contributed by atoms with Crippen molar-refractivity contribution in [3.63, 3.8) is 0 Å². The van der Waals surface area contributed by atoms with Crippen molar-refractivity contribution in [3.05, 3.63) is 30.3 Å². The van der Waals surface area contributed by atoms with Crippen molar-refractivity contribution >= 4 is 5.91 Å². The topological polar surface area (TPSA) is 29.5 Å². The number of amides is 1. The van der Waals surface area contributed by atoms with Gasteiger partial charge in [-0.3, -0.25) is 4.79 Å². The summed E-state index contributed by atoms with van der Waals surface area (Å²) in [7, 11) is 0. The highest BCUT2D eigenvalue weighted by Gasteiger charge is 2.35. The first-order chi connectivity index (χ1) is 9.83. The first kappa shape index (κ1) is 13.5. The lowest BCUT2D eigenvalue weighted by molar-refractivity contribution is -0.130. The van der Waals surface area contributed by atoms with Gasteiger partial charge in [-0.05, 0) is 36.8 Å². The Balaban J connectivity index is 1.43. The molecule has 0 spiro atoms. The van der Waals surface area contributed by atoms with Crippen LogP contribution in [0.5, 0.6) is 5.75 Å². The summed E-state index contributed by atoms with van der Waals surface area (Å²) in [4.78, 5) is 14.3. The molecule has 2 unspecified atom stereocenters. The van der Waals surface area contributed by atoms with E-state index >= 15 is 0 Å². The number of nitrogens with zero attached hydrogens (tertiary/aromatic N) is 1. The molecule has 1 saturated heterocycles. The molecule has 1 heterocycles. The number of rotatable bonds is 4. The lowest BCUT2D eigenvalue weighted by Gasteiger charge is -2.22. The molecule has 1 aliphatic carbocycles. The van der Waals surface area contributed by atoms with Gasteiger partial charge in [0.15, 0.2) is 0 Å². The van der Waals surface area contributed by atoms with Crippen LogP contribution in [0.3, 0.4) is 0 Å². The average Bonchev–Trinajstić information content (AvgIpc) is 2.92. The summed E-state index contributed by atoms with van der Waals surface area (Å²) < 4.78 is 5.61. The first-order valence-corrected chi connectivity index (χ1v) is 7.78. The maximum atomic E-state index is 12.2. The number of ether oxygens (including phenoxy) is 1. The summed E-state index contributed by atoms with van der Waals surface area (Å²) >= 11 is 0. The Hall–Kier alpha value is -1.51. The van der Waals surface area contributed by atoms with Gasteiger partial charge in [0.2, 0.25) is 5.91 Å². The Morgan fingerprint density at radius 1 is 1.10 bits per heavy atom. The van der Waals surface area contributed by atoms with Crippen LogP contribution in [0.15, 0.2) is 30.3 Å². The molecule has 2 fully saturated rings. The fourth-order valence-corrected chi connectivity index (χ4v) is 3.54. The van der Waals surface area contributed by atoms with Crippen molar-refractivity contribution in [2.45, 2.75) is 32.1 Å². The number of para-hydroxylation sites is 1. The second kappa shape index (κ2) is 6.29. The lowest BCUT2D eigenvalue weighted by atomic mass is 9.82. The third-order valence-corrected chi connectivity index (χ3v) is 4.66. The molecule has 1 saturated carbocycles. The Morgan fingerprint density at radius 2 is 1.75 bits per heavy atom. The minimum absolute atomic E-state index is 0.260. The van der Waals surface area contributed by atoms with Gasteiger partial charge in [-0.25, -0.2) is 0 Å². The fraction of sp³-hybridized carbons (Fsp3) is 0.588. The summed E-state index contributed by atoms with van der Waals surface area (Å²) in [5.41, 5.74) is 0. The van der Waals surface area contributed by atoms with Gasteiger partial charge < -0.3 is 9.64 Å². The van der Waals surface area contributed by atoms with Crippen LogP contribution in [0.2, 0.25) is 0 Å². The highest BCUT2D eigenvalue weighted by Crippen LogP contribution is 2.36. The number of hydrogen-bond donors (Lipinski definition) is 0. The third kappa shape index (κ3) is 3.14. The van der Waals surface area contributed by atoms with Gasteiger partial charge in [0.1, 0.15) is 5.75 Å². The summed E-state index contributed by atoms with van der Waals surface area (Å²) in [5.74, 6) is 2.64. The predicted octanol–water partition coefficient (Wildman–Crippen LogP) is 3.10. The van der Waals surface area contributed by atoms with Crippen LogP contribution in [-0.4, -0.2) is 30.5 Å². The van der Waals surface area contributed by atoms with E-state index in [4.69, 9.17) is 4.74 Å². The summed E-state index contributed by atoms with van der Waals surface area (Å²) in [6, 6.07) is 9.71. The van der Waals surface area contributed by atoms with Crippen molar-refractivity contribution in [3.8, 4) is 5.75 Å². The summed E-state index contributed by atoms with van der Waals surface area (Å²) in [5, 5.41) is 0. The molecule has 2 aliphatic rings. The van der Waals surface area contributed by atoms with Gasteiger partial charge in [-0.15, -0.1) is 0 Å². The molecule has 1 aromatic rings. The maximum Gasteiger partial charge on any atom is 0.226 e. The molecule has 0 N–H and O–H groups in total. The molecular formula is C17H23NO2. The molecule has 0 radical (unpaired) electrons. The Labute approximate surface area is 120 Å². The second-order valence-electron chi connectivity index (χ2n) is 6.01. The van der Waals surface area contributed by atoms with E-state index in [1.807, 2.05) is 30.3 Å². The smallest absolute Gasteiger partial charge is 0.226 e. The van der Waals surface area contributed by atoms with Crippen molar-refractivity contribution in [2.24, 2.45) is 11.8 Å². The minimum atomic E-state index is 0.260. The molecule has 3 heteroatoms. The zero-order valence-corrected chi connectivity index (χ0v) is 12.0. The van der Waals surface area contributed by atoms with Crippen molar-refractivity contribution < 1.29 is 9.53 Å². The quantitative estimate of drug-likeness (QED) is 0.843. The number of carbonyl (C=O) groups is 1. The van der Waals surface area contributed by atoms with Crippen molar-refractivity contribution in [1.29, 1.82) is 0 Å². The Bertz CT molecular complexity index is 432. The Morgan fingerprint density at radius 3 is 2.40 bits per heavy atom. The van der Waals surface area contributed by atoms with Crippen molar-refractivity contribution in [2.75, 3.05) is 19.7 Å². The molecule has 1 aliphatic heterocycles. The minimum Gasteiger partial charge on any atom is -0.493 e. The van der Waals surface area contributed by atoms with E-state index in [1.165, 1.54) is 25.7 Å². The van der Waals surface area contributed by atoms with Gasteiger partial charge in [-0.1, -0.05) is 31.0 Å². The zero-order chi connectivity index (χ0) is 13.8. The van der Waals surface area contributed by atoms with Crippen molar-refractivity contribution in [1.82, 2.24) is 4.90 Å². The molecular weight excluding hydrogens is 250 g/mol. The van der Waals surface area contributed by atoms with Crippen LogP contribution in [0.1, 0.15) is 32.1 Å². The molecule has 0 aromatic heterocycles. The highest BCUT2D eigenvalue weighted by molar-refractivity contribution is 5.76. The standard InChI is InChI=1S/C17H23NO2/c19-17(10-11-20-16-8-2-1-3-9-16)18-12-14-6-4-5-7-15(14)13-18/h1-3,8-9,14-15H,4-7,10-13H2. The van der Waals surface area contributed by atoms with Crippen LogP contribution < -0.4 is 4.74 Å². The van der Waals surface area contributed by atoms with Crippen LogP contribution in [0.25, 0.3) is 0 Å². The van der Waals surface area contributed by atoms with E-state index < -0.39 is 0 Å². The maximum absolute atomic E-state index is 12.2. The molecule has 2 atom stereocenters. The number of likely N-dealkylation sites (tertiary alicyclic amines) is 1. The lowest BCUT2D eigenvalue weighted by Crippen LogP contribution is -2.30. The fourth-order valence-electron chi connectivity index (χ4n) is 3.54. The van der Waals surface area contributed by atoms with E-state index in [0.717, 1.165) is 30.7 Å². The monoisotopic (exact) mass is 273 g/mol. The normalized spacial score (nSPS) is 25.3. The SMILES string of the molecule is O=C(CCOc1ccccc1)N1CC2CCCCC2C1. The molecule has 0 bridgehead atoms. The molecule has 3 rings (SSSR count). The summed E-state index contributed by atoms with van der Waals surface area (Å²) in [6.07, 6.45) is 5.82. The van der Waals surface area contributed by atoms with E-state index in [9.17, 15) is 4.79 Å². The van der Waals surface area contributed by atoms with Gasteiger partial charge in [-0.2, -0.15) is 0 Å². The third-order valence-electron chi connectivity index (χ3n) is 4.66. The van der Waals surface area contributed by atoms with Crippen LogP contribution >= 0.6 is 0 Å². The molecule has 3 nitrogen and oxygen atoms in total. The van der Waals surface area contributed by atoms with Gasteiger partial charge in [0.05, 0.1) is 13.0 Å². The molecule has 1 aromatic carbocycles. The molecule has 1 amide bonds. The second-order valence-corrected chi connectivity index (χ2v) is 6.01. The first-order valence-electron chi connectivity index (χ1n) is 7.78. The predicted molar refractivity (Wildman–Crippen MR) is 78.6 cm³/mol. The largest absolute Gasteiger partial charge is 0.493 e. The van der Waals surface area contributed by atoms with Crippen LogP contribution in [0, 0.1) is 11.8 Å². The van der Waals surface area contributed by atoms with Crippen LogP contribution in [-0.2, 0) is 4.79 Å². The highest BCUT2D eigenvalue weighted by atomic mass is 16.5. The number of benzene rings is 1. The van der Waals surface area contributed by atoms with Gasteiger partial charge >= 0.3 is 0 Å². The summed E-state index contributed by atoms with van der Waals surface area (Å²) in [6.45, 7) is 2.44. The average molecular weight is 273 g/mol. The van der Waals surface area contributed by atoms with Crippen LogP contribution in [0.4, 0.5) is 0 Å². The molecule has 20 heavy (non-hydrogen) atoms.